The third kappa shape index (κ3) is 3.73. The minimum Gasteiger partial charge on any atom is -0.481 e. The fourth-order valence-corrected chi connectivity index (χ4v) is 0.904. The fourth-order valence-electron chi connectivity index (χ4n) is 0.904. The molecule has 0 radical (unpaired) electrons. The molecule has 6 heteroatoms. The maximum absolute atomic E-state index is 13.0. The van der Waals surface area contributed by atoms with E-state index in [-0.39, 0.29) is 5.56 Å². The van der Waals surface area contributed by atoms with Gasteiger partial charge in [0.1, 0.15) is 6.67 Å². The van der Waals surface area contributed by atoms with E-state index in [0.29, 0.717) is 0 Å². The zero-order valence-electron chi connectivity index (χ0n) is 7.44. The van der Waals surface area contributed by atoms with Gasteiger partial charge in [-0.3, -0.25) is 0 Å². The van der Waals surface area contributed by atoms with Gasteiger partial charge >= 0.3 is 6.18 Å². The first-order valence-corrected chi connectivity index (χ1v) is 3.96. The Balaban J connectivity index is 2.70. The van der Waals surface area contributed by atoms with E-state index in [9.17, 15) is 22.0 Å². The molecule has 0 unspecified atom stereocenters. The van der Waals surface area contributed by atoms with Crippen LogP contribution in [0.1, 0.15) is 5.56 Å². The van der Waals surface area contributed by atoms with Gasteiger partial charge in [0, 0.05) is 0 Å². The summed E-state index contributed by atoms with van der Waals surface area (Å²) in [5, 5.41) is 0. The molecule has 1 nitrogen and oxygen atoms in total. The van der Waals surface area contributed by atoms with E-state index in [0.717, 1.165) is 18.2 Å². The van der Waals surface area contributed by atoms with Gasteiger partial charge in [0.15, 0.2) is 18.2 Å². The zero-order valence-corrected chi connectivity index (χ0v) is 7.44. The second-order valence-electron chi connectivity index (χ2n) is 2.80. The van der Waals surface area contributed by atoms with Gasteiger partial charge in [-0.1, -0.05) is 6.07 Å². The maximum atomic E-state index is 13.0. The summed E-state index contributed by atoms with van der Waals surface area (Å²) in [5.41, 5.74) is 0.0480. The molecule has 84 valence electrons. The summed E-state index contributed by atoms with van der Waals surface area (Å²) >= 11 is 0. The Hall–Kier alpha value is -1.33. The molecule has 15 heavy (non-hydrogen) atoms. The van der Waals surface area contributed by atoms with Crippen molar-refractivity contribution in [2.75, 3.05) is 6.61 Å². The molecule has 1 aromatic rings. The smallest absolute Gasteiger partial charge is 0.422 e. The van der Waals surface area contributed by atoms with Gasteiger partial charge in [0.2, 0.25) is 0 Å². The van der Waals surface area contributed by atoms with Crippen LogP contribution in [0.5, 0.6) is 5.75 Å². The first-order chi connectivity index (χ1) is 6.92. The van der Waals surface area contributed by atoms with Crippen molar-refractivity contribution in [2.45, 2.75) is 12.9 Å². The van der Waals surface area contributed by atoms with Gasteiger partial charge in [-0.15, -0.1) is 0 Å². The quantitative estimate of drug-likeness (QED) is 0.719. The highest BCUT2D eigenvalue weighted by Gasteiger charge is 2.28. The summed E-state index contributed by atoms with van der Waals surface area (Å²) in [7, 11) is 0. The first kappa shape index (κ1) is 11.7. The molecule has 0 aliphatic carbocycles. The molecule has 0 saturated carbocycles. The molecule has 0 fully saturated rings. The number of ether oxygens (including phenoxy) is 1. The lowest BCUT2D eigenvalue weighted by Gasteiger charge is -2.09. The van der Waals surface area contributed by atoms with Crippen LogP contribution in [0.2, 0.25) is 0 Å². The van der Waals surface area contributed by atoms with Crippen LogP contribution in [0, 0.1) is 5.82 Å². The highest BCUT2D eigenvalue weighted by Crippen LogP contribution is 2.22. The third-order valence-corrected chi connectivity index (χ3v) is 1.54. The molecule has 0 atom stereocenters. The van der Waals surface area contributed by atoms with Gasteiger partial charge in [0.25, 0.3) is 0 Å². The Labute approximate surface area is 82.5 Å². The van der Waals surface area contributed by atoms with Crippen LogP contribution >= 0.6 is 0 Å². The maximum Gasteiger partial charge on any atom is 0.422 e. The van der Waals surface area contributed by atoms with Crippen LogP contribution in [0.15, 0.2) is 18.2 Å². The molecular formula is C9H7F5O. The van der Waals surface area contributed by atoms with Gasteiger partial charge in [-0.05, 0) is 17.7 Å². The number of hydrogen-bond donors (Lipinski definition) is 0. The highest BCUT2D eigenvalue weighted by atomic mass is 19.4. The second-order valence-corrected chi connectivity index (χ2v) is 2.80. The minimum absolute atomic E-state index is 0.0480. The second kappa shape index (κ2) is 4.46. The van der Waals surface area contributed by atoms with Crippen LogP contribution in [0.4, 0.5) is 22.0 Å². The third-order valence-electron chi connectivity index (χ3n) is 1.54. The summed E-state index contributed by atoms with van der Waals surface area (Å²) in [6.45, 7) is -2.45. The summed E-state index contributed by atoms with van der Waals surface area (Å²) in [6, 6.07) is 2.93. The van der Waals surface area contributed by atoms with Crippen LogP contribution in [0.25, 0.3) is 0 Å². The van der Waals surface area contributed by atoms with E-state index in [1.54, 1.807) is 0 Å². The first-order valence-electron chi connectivity index (χ1n) is 3.96. The molecule has 0 heterocycles. The highest BCUT2D eigenvalue weighted by molar-refractivity contribution is 5.29. The van der Waals surface area contributed by atoms with E-state index in [1.165, 1.54) is 0 Å². The zero-order chi connectivity index (χ0) is 11.5. The molecule has 0 aliphatic rings. The Kier molecular flexibility index (Phi) is 3.49. The summed E-state index contributed by atoms with van der Waals surface area (Å²) in [4.78, 5) is 0. The molecule has 0 aromatic heterocycles. The van der Waals surface area contributed by atoms with Crippen molar-refractivity contribution in [1.82, 2.24) is 0 Å². The Morgan fingerprint density at radius 3 is 2.33 bits per heavy atom. The van der Waals surface area contributed by atoms with Crippen molar-refractivity contribution >= 4 is 0 Å². The van der Waals surface area contributed by atoms with Gasteiger partial charge in [-0.25, -0.2) is 8.78 Å². The molecule has 0 saturated heterocycles. The molecule has 0 spiro atoms. The minimum atomic E-state index is -4.52. The molecule has 1 aromatic carbocycles. The van der Waals surface area contributed by atoms with E-state index < -0.39 is 31.0 Å². The topological polar surface area (TPSA) is 9.23 Å². The molecule has 0 bridgehead atoms. The fraction of sp³-hybridized carbons (Fsp3) is 0.333. The average molecular weight is 226 g/mol. The number of halogens is 5. The summed E-state index contributed by atoms with van der Waals surface area (Å²) in [5.74, 6) is -1.54. The summed E-state index contributed by atoms with van der Waals surface area (Å²) < 4.78 is 64.3. The predicted octanol–water partition coefficient (Wildman–Crippen LogP) is 3.24. The van der Waals surface area contributed by atoms with Gasteiger partial charge < -0.3 is 4.74 Å². The van der Waals surface area contributed by atoms with Crippen molar-refractivity contribution in [2.24, 2.45) is 0 Å². The molecular weight excluding hydrogens is 219 g/mol. The normalized spacial score (nSPS) is 11.5. The van der Waals surface area contributed by atoms with E-state index in [2.05, 4.69) is 4.74 Å². The Morgan fingerprint density at radius 2 is 1.87 bits per heavy atom. The standard InChI is InChI=1S/C9H7F5O/c10-4-6-1-2-8(7(11)3-6)15-5-9(12,13)14/h1-3H,4-5H2. The lowest BCUT2D eigenvalue weighted by Crippen LogP contribution is -2.19. The molecule has 0 aliphatic heterocycles. The monoisotopic (exact) mass is 226 g/mol. The molecule has 1 rings (SSSR count). The van der Waals surface area contributed by atoms with E-state index >= 15 is 0 Å². The van der Waals surface area contributed by atoms with Crippen LogP contribution in [0.3, 0.4) is 0 Å². The van der Waals surface area contributed by atoms with Crippen LogP contribution in [-0.4, -0.2) is 12.8 Å². The van der Waals surface area contributed by atoms with Crippen molar-refractivity contribution < 1.29 is 26.7 Å². The lowest BCUT2D eigenvalue weighted by atomic mass is 10.2. The lowest BCUT2D eigenvalue weighted by molar-refractivity contribution is -0.153. The van der Waals surface area contributed by atoms with Crippen molar-refractivity contribution in [3.05, 3.63) is 29.6 Å². The number of alkyl halides is 4. The predicted molar refractivity (Wildman–Crippen MR) is 42.8 cm³/mol. The van der Waals surface area contributed by atoms with Gasteiger partial charge in [0.05, 0.1) is 0 Å². The molecule has 0 N–H and O–H groups in total. The average Bonchev–Trinajstić information content (AvgIpc) is 2.14. The van der Waals surface area contributed by atoms with Crippen LogP contribution < -0.4 is 4.74 Å². The Bertz CT molecular complexity index is 334. The SMILES string of the molecule is FCc1ccc(OCC(F)(F)F)c(F)c1. The van der Waals surface area contributed by atoms with Gasteiger partial charge in [-0.2, -0.15) is 13.2 Å². The number of benzene rings is 1. The van der Waals surface area contributed by atoms with Crippen molar-refractivity contribution in [1.29, 1.82) is 0 Å². The summed E-state index contributed by atoms with van der Waals surface area (Å²) in [6.07, 6.45) is -4.52. The van der Waals surface area contributed by atoms with Crippen LogP contribution in [-0.2, 0) is 6.67 Å². The Morgan fingerprint density at radius 1 is 1.20 bits per heavy atom. The number of rotatable bonds is 3. The van der Waals surface area contributed by atoms with Crippen molar-refractivity contribution in [3.63, 3.8) is 0 Å². The van der Waals surface area contributed by atoms with Crippen molar-refractivity contribution in [3.8, 4) is 5.75 Å². The van der Waals surface area contributed by atoms with E-state index in [4.69, 9.17) is 0 Å². The van der Waals surface area contributed by atoms with E-state index in [1.807, 2.05) is 0 Å². The number of hydrogen-bond acceptors (Lipinski definition) is 1. The molecule has 0 amide bonds. The largest absolute Gasteiger partial charge is 0.481 e.